The number of fused-ring (bicyclic) bond motifs is 4. The first kappa shape index (κ1) is 22.9. The first-order chi connectivity index (χ1) is 15.9. The normalized spacial score (nSPS) is 20.6. The predicted octanol–water partition coefficient (Wildman–Crippen LogP) is 4.55. The lowest BCUT2D eigenvalue weighted by atomic mass is 9.76. The Bertz CT molecular complexity index is 1080. The van der Waals surface area contributed by atoms with Crippen molar-refractivity contribution in [1.82, 2.24) is 0 Å². The molecule has 0 fully saturated rings. The molecular formula is C25H30O8. The summed E-state index contributed by atoms with van der Waals surface area (Å²) < 4.78 is 40.4. The number of rotatable bonds is 5. The van der Waals surface area contributed by atoms with Crippen molar-refractivity contribution in [2.45, 2.75) is 33.3 Å². The van der Waals surface area contributed by atoms with Gasteiger partial charge in [-0.2, -0.15) is 0 Å². The minimum atomic E-state index is -0.526. The Morgan fingerprint density at radius 1 is 0.909 bits per heavy atom. The van der Waals surface area contributed by atoms with Gasteiger partial charge in [-0.15, -0.1) is 0 Å². The number of methoxy groups -OCH3 is 4. The Kier molecular flexibility index (Phi) is 6.19. The van der Waals surface area contributed by atoms with E-state index in [1.165, 1.54) is 6.92 Å². The number of esters is 1. The Balaban J connectivity index is 2.16. The van der Waals surface area contributed by atoms with Gasteiger partial charge in [-0.1, -0.05) is 13.8 Å². The van der Waals surface area contributed by atoms with E-state index < -0.39 is 6.10 Å². The number of carbonyl (C=O) groups is 1. The van der Waals surface area contributed by atoms with E-state index in [1.807, 2.05) is 12.1 Å². The lowest BCUT2D eigenvalue weighted by molar-refractivity contribution is -0.150. The Hall–Kier alpha value is -3.29. The number of carbonyl (C=O) groups excluding carboxylic acids is 1. The van der Waals surface area contributed by atoms with Crippen LogP contribution in [0.15, 0.2) is 12.1 Å². The second-order valence-electron chi connectivity index (χ2n) is 8.36. The highest BCUT2D eigenvalue weighted by Gasteiger charge is 2.39. The van der Waals surface area contributed by atoms with Crippen LogP contribution in [0.1, 0.15) is 38.0 Å². The molecule has 3 atom stereocenters. The molecule has 8 heteroatoms. The molecule has 0 amide bonds. The first-order valence-corrected chi connectivity index (χ1v) is 10.9. The highest BCUT2D eigenvalue weighted by molar-refractivity contribution is 5.89. The van der Waals surface area contributed by atoms with E-state index in [2.05, 4.69) is 13.8 Å². The molecule has 0 N–H and O–H groups in total. The van der Waals surface area contributed by atoms with Crippen LogP contribution in [0.3, 0.4) is 0 Å². The maximum atomic E-state index is 12.1. The van der Waals surface area contributed by atoms with Crippen LogP contribution >= 0.6 is 0 Å². The topological polar surface area (TPSA) is 81.7 Å². The van der Waals surface area contributed by atoms with Crippen molar-refractivity contribution >= 4 is 5.97 Å². The molecule has 1 aliphatic heterocycles. The van der Waals surface area contributed by atoms with Gasteiger partial charge in [0, 0.05) is 29.5 Å². The molecule has 0 saturated heterocycles. The summed E-state index contributed by atoms with van der Waals surface area (Å²) in [6.45, 7) is 5.72. The standard InChI is InChI=1S/C25H30O8/c1-12-8-15-9-17(27-4)22(28-5)24(29-6)19(15)20-16(21(13(12)2)33-14(3)26)10-18-23(25(20)30-7)32-11-31-18/h9-10,12-13,21H,8,11H2,1-7H3/t12-,13-,21+/m0/s1. The fourth-order valence-electron chi connectivity index (χ4n) is 4.81. The quantitative estimate of drug-likeness (QED) is 0.604. The molecule has 33 heavy (non-hydrogen) atoms. The zero-order chi connectivity index (χ0) is 23.9. The van der Waals surface area contributed by atoms with E-state index in [9.17, 15) is 4.79 Å². The number of hydrogen-bond donors (Lipinski definition) is 0. The molecule has 8 nitrogen and oxygen atoms in total. The average molecular weight is 459 g/mol. The summed E-state index contributed by atoms with van der Waals surface area (Å²) in [4.78, 5) is 12.1. The molecule has 1 heterocycles. The molecule has 178 valence electrons. The van der Waals surface area contributed by atoms with Crippen molar-refractivity contribution in [3.05, 3.63) is 23.3 Å². The number of benzene rings is 2. The first-order valence-electron chi connectivity index (χ1n) is 10.9. The van der Waals surface area contributed by atoms with Crippen molar-refractivity contribution < 1.29 is 38.0 Å². The number of hydrogen-bond acceptors (Lipinski definition) is 8. The van der Waals surface area contributed by atoms with E-state index in [0.717, 1.165) is 22.3 Å². The van der Waals surface area contributed by atoms with Crippen molar-refractivity contribution in [2.24, 2.45) is 11.8 Å². The highest BCUT2D eigenvalue weighted by atomic mass is 16.7. The lowest BCUT2D eigenvalue weighted by Gasteiger charge is -2.35. The molecule has 4 rings (SSSR count). The summed E-state index contributed by atoms with van der Waals surface area (Å²) in [6, 6.07) is 3.85. The maximum absolute atomic E-state index is 12.1. The van der Waals surface area contributed by atoms with Crippen LogP contribution in [-0.2, 0) is 16.0 Å². The molecule has 0 aromatic heterocycles. The molecule has 0 radical (unpaired) electrons. The molecule has 1 aliphatic carbocycles. The van der Waals surface area contributed by atoms with Gasteiger partial charge in [0.25, 0.3) is 0 Å². The van der Waals surface area contributed by atoms with Gasteiger partial charge in [0.15, 0.2) is 23.0 Å². The van der Waals surface area contributed by atoms with Gasteiger partial charge in [-0.05, 0) is 30.0 Å². The van der Waals surface area contributed by atoms with Crippen molar-refractivity contribution in [3.8, 4) is 45.6 Å². The third-order valence-electron chi connectivity index (χ3n) is 6.53. The maximum Gasteiger partial charge on any atom is 0.303 e. The Morgan fingerprint density at radius 3 is 2.21 bits per heavy atom. The predicted molar refractivity (Wildman–Crippen MR) is 121 cm³/mol. The van der Waals surface area contributed by atoms with E-state index in [0.29, 0.717) is 40.9 Å². The fourth-order valence-corrected chi connectivity index (χ4v) is 4.81. The molecular weight excluding hydrogens is 428 g/mol. The molecule has 2 aliphatic rings. The average Bonchev–Trinajstić information content (AvgIpc) is 3.27. The highest BCUT2D eigenvalue weighted by Crippen LogP contribution is 2.58. The number of ether oxygens (including phenoxy) is 7. The van der Waals surface area contributed by atoms with Crippen LogP contribution in [0.25, 0.3) is 11.1 Å². The SMILES string of the molecule is COc1cc2c(c(OC)c1OC)-c1c(cc3c(c1OC)OCO3)[C@H](OC(C)=O)[C@@H](C)[C@@H](C)C2. The zero-order valence-corrected chi connectivity index (χ0v) is 20.1. The van der Waals surface area contributed by atoms with Gasteiger partial charge in [0.05, 0.1) is 28.4 Å². The third-order valence-corrected chi connectivity index (χ3v) is 6.53. The van der Waals surface area contributed by atoms with E-state index >= 15 is 0 Å². The molecule has 2 aromatic rings. The van der Waals surface area contributed by atoms with Gasteiger partial charge >= 0.3 is 5.97 Å². The van der Waals surface area contributed by atoms with Crippen molar-refractivity contribution in [2.75, 3.05) is 35.2 Å². The second-order valence-corrected chi connectivity index (χ2v) is 8.36. The lowest BCUT2D eigenvalue weighted by Crippen LogP contribution is -2.26. The zero-order valence-electron chi connectivity index (χ0n) is 20.1. The van der Waals surface area contributed by atoms with Gasteiger partial charge in [-0.3, -0.25) is 4.79 Å². The van der Waals surface area contributed by atoms with Crippen molar-refractivity contribution in [3.63, 3.8) is 0 Å². The molecule has 0 unspecified atom stereocenters. The molecule has 0 bridgehead atoms. The smallest absolute Gasteiger partial charge is 0.303 e. The van der Waals surface area contributed by atoms with Crippen LogP contribution in [0, 0.1) is 11.8 Å². The summed E-state index contributed by atoms with van der Waals surface area (Å²) in [5.41, 5.74) is 3.27. The van der Waals surface area contributed by atoms with E-state index in [-0.39, 0.29) is 24.6 Å². The van der Waals surface area contributed by atoms with Gasteiger partial charge in [0.1, 0.15) is 6.10 Å². The van der Waals surface area contributed by atoms with Gasteiger partial charge in [-0.25, -0.2) is 0 Å². The van der Waals surface area contributed by atoms with E-state index in [1.54, 1.807) is 28.4 Å². The molecule has 2 aromatic carbocycles. The monoisotopic (exact) mass is 458 g/mol. The van der Waals surface area contributed by atoms with E-state index in [4.69, 9.17) is 33.2 Å². The summed E-state index contributed by atoms with van der Waals surface area (Å²) in [7, 11) is 6.34. The van der Waals surface area contributed by atoms with Gasteiger partial charge < -0.3 is 33.2 Å². The summed E-state index contributed by atoms with van der Waals surface area (Å²) >= 11 is 0. The Morgan fingerprint density at radius 2 is 1.61 bits per heavy atom. The molecule has 0 saturated carbocycles. The van der Waals surface area contributed by atoms with Gasteiger partial charge in [0.2, 0.25) is 18.3 Å². The summed E-state index contributed by atoms with van der Waals surface area (Å²) in [5, 5.41) is 0. The van der Waals surface area contributed by atoms with Crippen LogP contribution in [-0.4, -0.2) is 41.2 Å². The van der Waals surface area contributed by atoms with Crippen LogP contribution < -0.4 is 28.4 Å². The minimum absolute atomic E-state index is 0.00460. The summed E-state index contributed by atoms with van der Waals surface area (Å²) in [5.74, 6) is 2.90. The van der Waals surface area contributed by atoms with Crippen LogP contribution in [0.5, 0.6) is 34.5 Å². The fraction of sp³-hybridized carbons (Fsp3) is 0.480. The van der Waals surface area contributed by atoms with Crippen LogP contribution in [0.4, 0.5) is 0 Å². The largest absolute Gasteiger partial charge is 0.493 e. The van der Waals surface area contributed by atoms with Crippen LogP contribution in [0.2, 0.25) is 0 Å². The Labute approximate surface area is 193 Å². The summed E-state index contributed by atoms with van der Waals surface area (Å²) in [6.07, 6.45) is 0.170. The van der Waals surface area contributed by atoms with Crippen molar-refractivity contribution in [1.29, 1.82) is 0 Å². The second kappa shape index (κ2) is 8.92. The molecule has 0 spiro atoms. The minimum Gasteiger partial charge on any atom is -0.493 e. The third kappa shape index (κ3) is 3.67.